The first-order valence-corrected chi connectivity index (χ1v) is 9.34. The van der Waals surface area contributed by atoms with E-state index in [2.05, 4.69) is 35.5 Å². The van der Waals surface area contributed by atoms with Crippen LogP contribution in [0.5, 0.6) is 0 Å². The normalized spacial score (nSPS) is 23.3. The lowest BCUT2D eigenvalue weighted by molar-refractivity contribution is -0.141. The molecule has 4 nitrogen and oxygen atoms in total. The van der Waals surface area contributed by atoms with Crippen LogP contribution in [-0.4, -0.2) is 72.0 Å². The molecular formula is C19H37N3O. The third kappa shape index (κ3) is 5.18. The fourth-order valence-electron chi connectivity index (χ4n) is 3.76. The molecule has 0 N–H and O–H groups in total. The number of piperazine rings is 1. The molecule has 2 aliphatic rings. The van der Waals surface area contributed by atoms with Crippen LogP contribution in [0.2, 0.25) is 0 Å². The van der Waals surface area contributed by atoms with Gasteiger partial charge in [0.25, 0.3) is 0 Å². The molecule has 4 heteroatoms. The third-order valence-corrected chi connectivity index (χ3v) is 5.38. The van der Waals surface area contributed by atoms with Crippen LogP contribution in [0, 0.1) is 11.3 Å². The van der Waals surface area contributed by atoms with Crippen molar-refractivity contribution in [2.45, 2.75) is 59.9 Å². The summed E-state index contributed by atoms with van der Waals surface area (Å²) >= 11 is 0. The number of nitrogens with zero attached hydrogens (tertiary/aromatic N) is 3. The number of carbonyl (C=O) groups excluding carboxylic acids is 1. The summed E-state index contributed by atoms with van der Waals surface area (Å²) in [6.07, 6.45) is 2.34. The van der Waals surface area contributed by atoms with Gasteiger partial charge in [-0.25, -0.2) is 0 Å². The van der Waals surface area contributed by atoms with Crippen molar-refractivity contribution in [2.75, 3.05) is 45.8 Å². The first kappa shape index (κ1) is 18.7. The molecule has 0 bridgehead atoms. The predicted octanol–water partition coefficient (Wildman–Crippen LogP) is 2.69. The molecule has 0 spiro atoms. The molecule has 23 heavy (non-hydrogen) atoms. The minimum absolute atomic E-state index is 0.240. The number of likely N-dealkylation sites (tertiary alicyclic amines) is 1. The van der Waals surface area contributed by atoms with Gasteiger partial charge < -0.3 is 9.80 Å². The fraction of sp³-hybridized carbons (Fsp3) is 0.947. The van der Waals surface area contributed by atoms with Crippen LogP contribution in [0.1, 0.15) is 54.4 Å². The average Bonchev–Trinajstić information content (AvgIpc) is 2.46. The molecule has 2 rings (SSSR count). The molecule has 0 aliphatic carbocycles. The largest absolute Gasteiger partial charge is 0.342 e. The first-order valence-electron chi connectivity index (χ1n) is 9.34. The summed E-state index contributed by atoms with van der Waals surface area (Å²) in [5, 5.41) is 0. The van der Waals surface area contributed by atoms with Crippen molar-refractivity contribution < 1.29 is 4.79 Å². The standard InChI is InChI=1S/C19H37N3O/c1-18(2,3)17(23)21-9-7-16(8-10-21)15-20-11-13-22(14-12-20)19(4,5)6/h16H,7-15H2,1-6H3. The molecule has 2 saturated heterocycles. The van der Waals surface area contributed by atoms with Gasteiger partial charge in [0.05, 0.1) is 0 Å². The lowest BCUT2D eigenvalue weighted by atomic mass is 9.90. The smallest absolute Gasteiger partial charge is 0.227 e. The molecule has 1 amide bonds. The van der Waals surface area contributed by atoms with Crippen molar-refractivity contribution >= 4 is 5.91 Å². The van der Waals surface area contributed by atoms with Crippen molar-refractivity contribution in [3.05, 3.63) is 0 Å². The van der Waals surface area contributed by atoms with Crippen LogP contribution in [0.4, 0.5) is 0 Å². The SMILES string of the molecule is CC(C)(C)C(=O)N1CCC(CN2CCN(C(C)(C)C)CC2)CC1. The molecule has 0 aromatic carbocycles. The minimum atomic E-state index is -0.240. The monoisotopic (exact) mass is 323 g/mol. The minimum Gasteiger partial charge on any atom is -0.342 e. The van der Waals surface area contributed by atoms with Crippen molar-refractivity contribution in [1.29, 1.82) is 0 Å². The van der Waals surface area contributed by atoms with Crippen LogP contribution < -0.4 is 0 Å². The summed E-state index contributed by atoms with van der Waals surface area (Å²) in [6.45, 7) is 20.9. The summed E-state index contributed by atoms with van der Waals surface area (Å²) in [4.78, 5) is 19.7. The van der Waals surface area contributed by atoms with Gasteiger partial charge in [0.2, 0.25) is 5.91 Å². The Kier molecular flexibility index (Phi) is 5.78. The Labute approximate surface area is 143 Å². The van der Waals surface area contributed by atoms with Crippen LogP contribution in [0.15, 0.2) is 0 Å². The zero-order chi connectivity index (χ0) is 17.3. The number of carbonyl (C=O) groups is 1. The van der Waals surface area contributed by atoms with Crippen LogP contribution >= 0.6 is 0 Å². The Bertz CT molecular complexity index is 392. The second-order valence-corrected chi connectivity index (χ2v) is 9.44. The van der Waals surface area contributed by atoms with E-state index in [1.165, 1.54) is 45.6 Å². The Balaban J connectivity index is 1.73. The van der Waals surface area contributed by atoms with Crippen molar-refractivity contribution in [3.8, 4) is 0 Å². The fourth-order valence-corrected chi connectivity index (χ4v) is 3.76. The second kappa shape index (κ2) is 7.10. The highest BCUT2D eigenvalue weighted by Gasteiger charge is 2.32. The van der Waals surface area contributed by atoms with Crippen molar-refractivity contribution in [2.24, 2.45) is 11.3 Å². The summed E-state index contributed by atoms with van der Waals surface area (Å²) < 4.78 is 0. The van der Waals surface area contributed by atoms with Gasteiger partial charge in [-0.2, -0.15) is 0 Å². The van der Waals surface area contributed by atoms with Crippen LogP contribution in [0.25, 0.3) is 0 Å². The number of rotatable bonds is 2. The van der Waals surface area contributed by atoms with Gasteiger partial charge >= 0.3 is 0 Å². The van der Waals surface area contributed by atoms with E-state index < -0.39 is 0 Å². The number of amides is 1. The quantitative estimate of drug-likeness (QED) is 0.782. The van der Waals surface area contributed by atoms with E-state index in [1.807, 2.05) is 20.8 Å². The Hall–Kier alpha value is -0.610. The molecular weight excluding hydrogens is 286 g/mol. The summed E-state index contributed by atoms with van der Waals surface area (Å²) in [6, 6.07) is 0. The molecule has 0 unspecified atom stereocenters. The molecule has 0 radical (unpaired) electrons. The van der Waals surface area contributed by atoms with Crippen LogP contribution in [0.3, 0.4) is 0 Å². The summed E-state index contributed by atoms with van der Waals surface area (Å²) in [5.41, 5.74) is 0.0564. The summed E-state index contributed by atoms with van der Waals surface area (Å²) in [5.74, 6) is 1.08. The first-order chi connectivity index (χ1) is 10.6. The predicted molar refractivity (Wildman–Crippen MR) is 96.5 cm³/mol. The zero-order valence-electron chi connectivity index (χ0n) is 16.2. The molecule has 2 fully saturated rings. The Morgan fingerprint density at radius 3 is 1.83 bits per heavy atom. The zero-order valence-corrected chi connectivity index (χ0v) is 16.2. The molecule has 2 aliphatic heterocycles. The van der Waals surface area contributed by atoms with Crippen molar-refractivity contribution in [3.63, 3.8) is 0 Å². The third-order valence-electron chi connectivity index (χ3n) is 5.38. The van der Waals surface area contributed by atoms with E-state index in [4.69, 9.17) is 0 Å². The van der Waals surface area contributed by atoms with E-state index in [0.29, 0.717) is 11.4 Å². The lowest BCUT2D eigenvalue weighted by Crippen LogP contribution is -2.54. The lowest BCUT2D eigenvalue weighted by Gasteiger charge is -2.44. The number of hydrogen-bond donors (Lipinski definition) is 0. The molecule has 0 saturated carbocycles. The van der Waals surface area contributed by atoms with E-state index in [-0.39, 0.29) is 5.41 Å². The molecule has 2 heterocycles. The molecule has 0 aromatic rings. The van der Waals surface area contributed by atoms with E-state index >= 15 is 0 Å². The van der Waals surface area contributed by atoms with Gasteiger partial charge in [0.1, 0.15) is 0 Å². The highest BCUT2D eigenvalue weighted by atomic mass is 16.2. The van der Waals surface area contributed by atoms with E-state index in [9.17, 15) is 4.79 Å². The maximum Gasteiger partial charge on any atom is 0.227 e. The van der Waals surface area contributed by atoms with Gasteiger partial charge in [-0.05, 0) is 39.5 Å². The maximum absolute atomic E-state index is 12.4. The number of hydrogen-bond acceptors (Lipinski definition) is 3. The Morgan fingerprint density at radius 1 is 0.870 bits per heavy atom. The molecule has 134 valence electrons. The highest BCUT2D eigenvalue weighted by molar-refractivity contribution is 5.81. The number of piperidine rings is 1. The van der Waals surface area contributed by atoms with E-state index in [1.54, 1.807) is 0 Å². The van der Waals surface area contributed by atoms with Crippen LogP contribution in [-0.2, 0) is 4.79 Å². The Morgan fingerprint density at radius 2 is 1.39 bits per heavy atom. The van der Waals surface area contributed by atoms with Gasteiger partial charge in [0.15, 0.2) is 0 Å². The summed E-state index contributed by atoms with van der Waals surface area (Å²) in [7, 11) is 0. The van der Waals surface area contributed by atoms with Gasteiger partial charge in [-0.1, -0.05) is 20.8 Å². The maximum atomic E-state index is 12.4. The topological polar surface area (TPSA) is 26.8 Å². The highest BCUT2D eigenvalue weighted by Crippen LogP contribution is 2.25. The van der Waals surface area contributed by atoms with E-state index in [0.717, 1.165) is 19.0 Å². The van der Waals surface area contributed by atoms with Crippen molar-refractivity contribution in [1.82, 2.24) is 14.7 Å². The molecule has 0 aromatic heterocycles. The van der Waals surface area contributed by atoms with Gasteiger partial charge in [0, 0.05) is 56.8 Å². The van der Waals surface area contributed by atoms with Gasteiger partial charge in [-0.3, -0.25) is 9.69 Å². The van der Waals surface area contributed by atoms with Gasteiger partial charge in [-0.15, -0.1) is 0 Å². The average molecular weight is 324 g/mol. The second-order valence-electron chi connectivity index (χ2n) is 9.44. The molecule has 0 atom stereocenters.